The fourth-order valence-electron chi connectivity index (χ4n) is 4.08. The zero-order valence-corrected chi connectivity index (χ0v) is 16.4. The van der Waals surface area contributed by atoms with Crippen molar-refractivity contribution in [2.75, 3.05) is 44.2 Å². The highest BCUT2D eigenvalue weighted by atomic mass is 16.2. The minimum atomic E-state index is 0.0202. The molecule has 0 bridgehead atoms. The van der Waals surface area contributed by atoms with Crippen molar-refractivity contribution < 1.29 is 4.79 Å². The first-order valence-electron chi connectivity index (χ1n) is 9.78. The average Bonchev–Trinajstić information content (AvgIpc) is 3.34. The minimum absolute atomic E-state index is 0.0202. The molecular weight excluding hydrogens is 352 g/mol. The molecule has 7 heteroatoms. The Morgan fingerprint density at radius 1 is 1.21 bits per heavy atom. The Balaban J connectivity index is 1.38. The van der Waals surface area contributed by atoms with Crippen LogP contribution in [-0.2, 0) is 4.79 Å². The van der Waals surface area contributed by atoms with E-state index in [1.807, 2.05) is 23.1 Å². The van der Waals surface area contributed by atoms with E-state index in [-0.39, 0.29) is 17.2 Å². The number of aromatic nitrogens is 2. The SMILES string of the molecule is CC1(C)CNCC1C(=O)N1CCN(c2cc(-c3ccc(C#N)cc3)[nH]n2)CC1. The molecule has 0 saturated carbocycles. The zero-order valence-electron chi connectivity index (χ0n) is 16.4. The van der Waals surface area contributed by atoms with Crippen LogP contribution in [0.2, 0.25) is 0 Å². The van der Waals surface area contributed by atoms with E-state index in [0.717, 1.165) is 56.3 Å². The Morgan fingerprint density at radius 3 is 2.54 bits per heavy atom. The average molecular weight is 378 g/mol. The van der Waals surface area contributed by atoms with E-state index in [4.69, 9.17) is 5.26 Å². The number of nitrogens with one attached hydrogen (secondary N) is 2. The summed E-state index contributed by atoms with van der Waals surface area (Å²) in [5, 5.41) is 19.8. The standard InChI is InChI=1S/C21H26N6O/c1-21(2)14-23-13-17(21)20(28)27-9-7-26(8-10-27)19-11-18(24-25-19)16-5-3-15(12-22)4-6-16/h3-6,11,17,23H,7-10,13-14H2,1-2H3,(H,24,25). The number of piperazine rings is 1. The van der Waals surface area contributed by atoms with Gasteiger partial charge >= 0.3 is 0 Å². The van der Waals surface area contributed by atoms with Crippen LogP contribution in [0.15, 0.2) is 30.3 Å². The van der Waals surface area contributed by atoms with Crippen LogP contribution in [0.1, 0.15) is 19.4 Å². The molecule has 0 radical (unpaired) electrons. The molecule has 0 aliphatic carbocycles. The van der Waals surface area contributed by atoms with Gasteiger partial charge in [-0.15, -0.1) is 0 Å². The van der Waals surface area contributed by atoms with E-state index < -0.39 is 0 Å². The van der Waals surface area contributed by atoms with E-state index >= 15 is 0 Å². The lowest BCUT2D eigenvalue weighted by molar-refractivity contribution is -0.137. The number of rotatable bonds is 3. The molecule has 4 rings (SSSR count). The number of nitriles is 1. The van der Waals surface area contributed by atoms with E-state index in [1.54, 1.807) is 12.1 Å². The van der Waals surface area contributed by atoms with Crippen molar-refractivity contribution in [2.45, 2.75) is 13.8 Å². The van der Waals surface area contributed by atoms with Gasteiger partial charge in [-0.25, -0.2) is 0 Å². The number of carbonyl (C=O) groups is 1. The van der Waals surface area contributed by atoms with Crippen LogP contribution in [0.5, 0.6) is 0 Å². The second-order valence-electron chi connectivity index (χ2n) is 8.31. The highest BCUT2D eigenvalue weighted by Crippen LogP contribution is 2.32. The van der Waals surface area contributed by atoms with E-state index in [9.17, 15) is 4.79 Å². The van der Waals surface area contributed by atoms with Gasteiger partial charge in [-0.2, -0.15) is 10.4 Å². The lowest BCUT2D eigenvalue weighted by atomic mass is 9.81. The Kier molecular flexibility index (Phi) is 4.82. The molecule has 1 atom stereocenters. The molecule has 2 aromatic rings. The van der Waals surface area contributed by atoms with Gasteiger partial charge in [-0.3, -0.25) is 9.89 Å². The molecule has 2 N–H and O–H groups in total. The van der Waals surface area contributed by atoms with Crippen LogP contribution in [0.25, 0.3) is 11.3 Å². The molecule has 1 aromatic heterocycles. The quantitative estimate of drug-likeness (QED) is 0.851. The molecule has 7 nitrogen and oxygen atoms in total. The fourth-order valence-corrected chi connectivity index (χ4v) is 4.08. The van der Waals surface area contributed by atoms with Crippen LogP contribution < -0.4 is 10.2 Å². The van der Waals surface area contributed by atoms with E-state index in [0.29, 0.717) is 5.56 Å². The largest absolute Gasteiger partial charge is 0.352 e. The molecule has 3 heterocycles. The third-order valence-corrected chi connectivity index (χ3v) is 5.98. The van der Waals surface area contributed by atoms with Gasteiger partial charge in [0.05, 0.1) is 23.2 Å². The molecule has 2 fully saturated rings. The normalized spacial score (nSPS) is 21.5. The van der Waals surface area contributed by atoms with Crippen LogP contribution in [0, 0.1) is 22.7 Å². The molecule has 1 aromatic carbocycles. The molecule has 1 amide bonds. The highest BCUT2D eigenvalue weighted by Gasteiger charge is 2.41. The summed E-state index contributed by atoms with van der Waals surface area (Å²) in [6.07, 6.45) is 0. The third-order valence-electron chi connectivity index (χ3n) is 5.98. The predicted molar refractivity (Wildman–Crippen MR) is 108 cm³/mol. The topological polar surface area (TPSA) is 88.0 Å². The zero-order chi connectivity index (χ0) is 19.7. The molecule has 2 aliphatic heterocycles. The Bertz CT molecular complexity index is 886. The molecule has 146 valence electrons. The first-order chi connectivity index (χ1) is 13.5. The number of hydrogen-bond donors (Lipinski definition) is 2. The highest BCUT2D eigenvalue weighted by molar-refractivity contribution is 5.80. The van der Waals surface area contributed by atoms with Crippen LogP contribution >= 0.6 is 0 Å². The van der Waals surface area contributed by atoms with Gasteiger partial charge in [0.25, 0.3) is 0 Å². The Labute approximate surface area is 165 Å². The van der Waals surface area contributed by atoms with E-state index in [2.05, 4.69) is 40.3 Å². The summed E-state index contributed by atoms with van der Waals surface area (Å²) < 4.78 is 0. The molecule has 1 unspecified atom stereocenters. The monoisotopic (exact) mass is 378 g/mol. The second-order valence-corrected chi connectivity index (χ2v) is 8.31. The van der Waals surface area contributed by atoms with Crippen molar-refractivity contribution in [3.8, 4) is 17.3 Å². The number of amides is 1. The Morgan fingerprint density at radius 2 is 1.93 bits per heavy atom. The van der Waals surface area contributed by atoms with Gasteiger partial charge in [0.2, 0.25) is 5.91 Å². The number of benzene rings is 1. The number of H-pyrrole nitrogens is 1. The Hall–Kier alpha value is -2.85. The maximum absolute atomic E-state index is 12.9. The molecule has 2 saturated heterocycles. The lowest BCUT2D eigenvalue weighted by Crippen LogP contribution is -2.52. The summed E-state index contributed by atoms with van der Waals surface area (Å²) in [5.41, 5.74) is 2.59. The van der Waals surface area contributed by atoms with Gasteiger partial charge in [0.15, 0.2) is 5.82 Å². The third kappa shape index (κ3) is 3.48. The summed E-state index contributed by atoms with van der Waals surface area (Å²) in [5.74, 6) is 1.23. The van der Waals surface area contributed by atoms with Gasteiger partial charge in [0.1, 0.15) is 0 Å². The van der Waals surface area contributed by atoms with Gasteiger partial charge in [-0.1, -0.05) is 26.0 Å². The first-order valence-corrected chi connectivity index (χ1v) is 9.78. The molecule has 2 aliphatic rings. The summed E-state index contributed by atoms with van der Waals surface area (Å²) >= 11 is 0. The van der Waals surface area contributed by atoms with Gasteiger partial charge < -0.3 is 15.1 Å². The number of nitrogens with zero attached hydrogens (tertiary/aromatic N) is 4. The summed E-state index contributed by atoms with van der Waals surface area (Å²) in [6.45, 7) is 9.03. The summed E-state index contributed by atoms with van der Waals surface area (Å²) in [7, 11) is 0. The van der Waals surface area contributed by atoms with Crippen molar-refractivity contribution >= 4 is 11.7 Å². The van der Waals surface area contributed by atoms with Crippen molar-refractivity contribution in [2.24, 2.45) is 11.3 Å². The smallest absolute Gasteiger partial charge is 0.227 e. The fraction of sp³-hybridized carbons (Fsp3) is 0.476. The molecule has 0 spiro atoms. The summed E-state index contributed by atoms with van der Waals surface area (Å²) in [4.78, 5) is 17.1. The van der Waals surface area contributed by atoms with Crippen molar-refractivity contribution in [3.05, 3.63) is 35.9 Å². The maximum atomic E-state index is 12.9. The number of carbonyl (C=O) groups excluding carboxylic acids is 1. The molecular formula is C21H26N6O. The van der Waals surface area contributed by atoms with Crippen LogP contribution in [0.4, 0.5) is 5.82 Å². The van der Waals surface area contributed by atoms with Crippen molar-refractivity contribution in [3.63, 3.8) is 0 Å². The number of aromatic amines is 1. The molecule has 28 heavy (non-hydrogen) atoms. The second kappa shape index (κ2) is 7.28. The van der Waals surface area contributed by atoms with Crippen molar-refractivity contribution in [1.82, 2.24) is 20.4 Å². The predicted octanol–water partition coefficient (Wildman–Crippen LogP) is 1.84. The maximum Gasteiger partial charge on any atom is 0.227 e. The lowest BCUT2D eigenvalue weighted by Gasteiger charge is -2.38. The number of hydrogen-bond acceptors (Lipinski definition) is 5. The van der Waals surface area contributed by atoms with Crippen LogP contribution in [0.3, 0.4) is 0 Å². The number of anilines is 1. The van der Waals surface area contributed by atoms with E-state index in [1.165, 1.54) is 0 Å². The van der Waals surface area contributed by atoms with Crippen molar-refractivity contribution in [1.29, 1.82) is 5.26 Å². The van der Waals surface area contributed by atoms with Gasteiger partial charge in [-0.05, 0) is 23.1 Å². The van der Waals surface area contributed by atoms with Crippen LogP contribution in [-0.4, -0.2) is 60.3 Å². The minimum Gasteiger partial charge on any atom is -0.352 e. The summed E-state index contributed by atoms with van der Waals surface area (Å²) in [6, 6.07) is 11.6. The first kappa shape index (κ1) is 18.5. The van der Waals surface area contributed by atoms with Gasteiger partial charge in [0, 0.05) is 45.3 Å².